The van der Waals surface area contributed by atoms with Crippen LogP contribution < -0.4 is 16.8 Å². The van der Waals surface area contributed by atoms with Crippen LogP contribution in [0, 0.1) is 5.82 Å². The molecule has 0 spiro atoms. The van der Waals surface area contributed by atoms with Crippen molar-refractivity contribution in [3.8, 4) is 0 Å². The smallest absolute Gasteiger partial charge is 0.227 e. The number of hydrogen-bond donors (Lipinski definition) is 3. The van der Waals surface area contributed by atoms with E-state index in [9.17, 15) is 4.39 Å². The summed E-state index contributed by atoms with van der Waals surface area (Å²) in [5.41, 5.74) is 11.6. The standard InChI is InChI=1S/C13H14ClFN6/c1-2-13(17)10(14)11(16)19-12(20-13)21-9-4-3-8(15)5-7(9)6-18-21/h3-6H,2,16-17H2,1H3,(H,19,20). The second-order valence-corrected chi connectivity index (χ2v) is 5.20. The highest BCUT2D eigenvalue weighted by Gasteiger charge is 2.34. The molecule has 6 nitrogen and oxygen atoms in total. The number of nitrogens with two attached hydrogens (primary N) is 2. The highest BCUT2D eigenvalue weighted by atomic mass is 35.5. The molecule has 0 saturated carbocycles. The van der Waals surface area contributed by atoms with Crippen LogP contribution in [0.25, 0.3) is 10.9 Å². The Labute approximate surface area is 125 Å². The lowest BCUT2D eigenvalue weighted by molar-refractivity contribution is 0.503. The lowest BCUT2D eigenvalue weighted by Crippen LogP contribution is -2.49. The van der Waals surface area contributed by atoms with Crippen molar-refractivity contribution >= 4 is 28.5 Å². The van der Waals surface area contributed by atoms with Crippen molar-refractivity contribution in [1.29, 1.82) is 0 Å². The SMILES string of the molecule is CCC1(N)N=C(n2ncc3cc(F)ccc32)NC(N)=C1Cl. The summed E-state index contributed by atoms with van der Waals surface area (Å²) in [6, 6.07) is 4.36. The van der Waals surface area contributed by atoms with E-state index in [2.05, 4.69) is 15.4 Å². The Bertz CT molecular complexity index is 780. The van der Waals surface area contributed by atoms with Gasteiger partial charge in [-0.2, -0.15) is 9.78 Å². The number of nitrogens with one attached hydrogen (secondary N) is 1. The minimum atomic E-state index is -1.09. The van der Waals surface area contributed by atoms with Crippen molar-refractivity contribution < 1.29 is 4.39 Å². The Kier molecular flexibility index (Phi) is 3.11. The largest absolute Gasteiger partial charge is 0.384 e. The fourth-order valence-electron chi connectivity index (χ4n) is 2.18. The van der Waals surface area contributed by atoms with Gasteiger partial charge in [0.1, 0.15) is 16.7 Å². The second-order valence-electron chi connectivity index (χ2n) is 4.83. The van der Waals surface area contributed by atoms with Crippen LogP contribution in [-0.2, 0) is 0 Å². The van der Waals surface area contributed by atoms with E-state index < -0.39 is 5.66 Å². The molecule has 1 unspecified atom stereocenters. The molecule has 0 amide bonds. The van der Waals surface area contributed by atoms with Crippen LogP contribution in [-0.4, -0.2) is 21.4 Å². The van der Waals surface area contributed by atoms with Gasteiger partial charge in [0.2, 0.25) is 5.96 Å². The number of benzene rings is 1. The molecule has 3 rings (SSSR count). The summed E-state index contributed by atoms with van der Waals surface area (Å²) in [5, 5.41) is 7.98. The Morgan fingerprint density at radius 2 is 2.24 bits per heavy atom. The minimum absolute atomic E-state index is 0.233. The van der Waals surface area contributed by atoms with Gasteiger partial charge in [0.25, 0.3) is 0 Å². The molecule has 1 aromatic heterocycles. The Morgan fingerprint density at radius 3 is 2.95 bits per heavy atom. The second kappa shape index (κ2) is 4.71. The Hall–Kier alpha value is -2.12. The third-order valence-electron chi connectivity index (χ3n) is 3.44. The van der Waals surface area contributed by atoms with E-state index in [1.807, 2.05) is 6.92 Å². The molecular formula is C13H14ClFN6. The topological polar surface area (TPSA) is 94.2 Å². The third-order valence-corrected chi connectivity index (χ3v) is 3.97. The lowest BCUT2D eigenvalue weighted by Gasteiger charge is -2.30. The molecule has 1 atom stereocenters. The van der Waals surface area contributed by atoms with Gasteiger partial charge in [-0.05, 0) is 24.6 Å². The first-order valence-corrected chi connectivity index (χ1v) is 6.77. The van der Waals surface area contributed by atoms with E-state index in [-0.39, 0.29) is 16.7 Å². The van der Waals surface area contributed by atoms with Crippen LogP contribution in [0.1, 0.15) is 13.3 Å². The molecule has 2 aromatic rings. The number of aromatic nitrogens is 2. The molecule has 1 aliphatic rings. The fourth-order valence-corrected chi connectivity index (χ4v) is 2.40. The number of rotatable bonds is 1. The number of hydrogen-bond acceptors (Lipinski definition) is 5. The summed E-state index contributed by atoms with van der Waals surface area (Å²) < 4.78 is 14.7. The van der Waals surface area contributed by atoms with Gasteiger partial charge in [0.15, 0.2) is 5.66 Å². The third kappa shape index (κ3) is 2.14. The van der Waals surface area contributed by atoms with Crippen molar-refractivity contribution in [2.75, 3.05) is 0 Å². The predicted molar refractivity (Wildman–Crippen MR) is 79.9 cm³/mol. The Balaban J connectivity index is 2.13. The zero-order chi connectivity index (χ0) is 15.2. The van der Waals surface area contributed by atoms with E-state index in [4.69, 9.17) is 23.1 Å². The van der Waals surface area contributed by atoms with Gasteiger partial charge >= 0.3 is 0 Å². The maximum absolute atomic E-state index is 13.2. The van der Waals surface area contributed by atoms with Crippen molar-refractivity contribution in [2.24, 2.45) is 16.5 Å². The molecule has 0 fully saturated rings. The fraction of sp³-hybridized carbons (Fsp3) is 0.231. The summed E-state index contributed by atoms with van der Waals surface area (Å²) in [5.74, 6) is 0.254. The minimum Gasteiger partial charge on any atom is -0.384 e. The molecule has 0 bridgehead atoms. The van der Waals surface area contributed by atoms with E-state index in [0.717, 1.165) is 0 Å². The maximum Gasteiger partial charge on any atom is 0.227 e. The molecule has 0 saturated heterocycles. The average Bonchev–Trinajstić information content (AvgIpc) is 2.87. The summed E-state index contributed by atoms with van der Waals surface area (Å²) in [4.78, 5) is 4.40. The average molecular weight is 309 g/mol. The van der Waals surface area contributed by atoms with Crippen LogP contribution in [0.2, 0.25) is 0 Å². The van der Waals surface area contributed by atoms with Crippen LogP contribution >= 0.6 is 11.6 Å². The summed E-state index contributed by atoms with van der Waals surface area (Å²) >= 11 is 6.12. The van der Waals surface area contributed by atoms with Crippen molar-refractivity contribution in [3.05, 3.63) is 41.1 Å². The first-order chi connectivity index (χ1) is 9.94. The molecule has 0 radical (unpaired) electrons. The van der Waals surface area contributed by atoms with Gasteiger partial charge in [0.05, 0.1) is 11.7 Å². The number of aliphatic imine (C=N–C) groups is 1. The molecular weight excluding hydrogens is 295 g/mol. The normalized spacial score (nSPS) is 22.4. The highest BCUT2D eigenvalue weighted by molar-refractivity contribution is 6.31. The molecule has 110 valence electrons. The van der Waals surface area contributed by atoms with Gasteiger partial charge in [-0.1, -0.05) is 18.5 Å². The van der Waals surface area contributed by atoms with Gasteiger partial charge in [-0.3, -0.25) is 0 Å². The molecule has 0 aliphatic carbocycles. The van der Waals surface area contributed by atoms with Crippen LogP contribution in [0.4, 0.5) is 4.39 Å². The molecule has 8 heteroatoms. The summed E-state index contributed by atoms with van der Waals surface area (Å²) in [7, 11) is 0. The quantitative estimate of drug-likeness (QED) is 0.742. The number of fused-ring (bicyclic) bond motifs is 1. The van der Waals surface area contributed by atoms with Crippen molar-refractivity contribution in [2.45, 2.75) is 19.0 Å². The van der Waals surface area contributed by atoms with E-state index in [1.165, 1.54) is 16.8 Å². The maximum atomic E-state index is 13.2. The predicted octanol–water partition coefficient (Wildman–Crippen LogP) is 1.41. The first-order valence-electron chi connectivity index (χ1n) is 6.40. The first kappa shape index (κ1) is 13.8. The number of nitrogens with zero attached hydrogens (tertiary/aromatic N) is 3. The van der Waals surface area contributed by atoms with E-state index >= 15 is 0 Å². The lowest BCUT2D eigenvalue weighted by atomic mass is 10.1. The van der Waals surface area contributed by atoms with Crippen molar-refractivity contribution in [3.63, 3.8) is 0 Å². The summed E-state index contributed by atoms with van der Waals surface area (Å²) in [6.07, 6.45) is 2.02. The van der Waals surface area contributed by atoms with Crippen LogP contribution in [0.15, 0.2) is 40.2 Å². The monoisotopic (exact) mass is 308 g/mol. The van der Waals surface area contributed by atoms with E-state index in [0.29, 0.717) is 23.3 Å². The van der Waals surface area contributed by atoms with Gasteiger partial charge in [-0.25, -0.2) is 9.38 Å². The molecule has 2 heterocycles. The Morgan fingerprint density at radius 1 is 1.48 bits per heavy atom. The van der Waals surface area contributed by atoms with E-state index in [1.54, 1.807) is 12.3 Å². The summed E-state index contributed by atoms with van der Waals surface area (Å²) in [6.45, 7) is 1.86. The van der Waals surface area contributed by atoms with Crippen molar-refractivity contribution in [1.82, 2.24) is 15.1 Å². The van der Waals surface area contributed by atoms with Gasteiger partial charge < -0.3 is 16.8 Å². The molecule has 1 aliphatic heterocycles. The highest BCUT2D eigenvalue weighted by Crippen LogP contribution is 2.28. The molecule has 21 heavy (non-hydrogen) atoms. The van der Waals surface area contributed by atoms with Crippen LogP contribution in [0.3, 0.4) is 0 Å². The molecule has 5 N–H and O–H groups in total. The van der Waals surface area contributed by atoms with Gasteiger partial charge in [-0.15, -0.1) is 0 Å². The van der Waals surface area contributed by atoms with Gasteiger partial charge in [0, 0.05) is 5.39 Å². The zero-order valence-electron chi connectivity index (χ0n) is 11.3. The van der Waals surface area contributed by atoms with Crippen LogP contribution in [0.5, 0.6) is 0 Å². The molecule has 1 aromatic carbocycles. The number of halogens is 2. The zero-order valence-corrected chi connectivity index (χ0v) is 12.0.